The number of nitrogens with zero attached hydrogens (tertiary/aromatic N) is 1. The van der Waals surface area contributed by atoms with Crippen molar-refractivity contribution in [1.82, 2.24) is 19.9 Å². The van der Waals surface area contributed by atoms with E-state index in [-0.39, 0.29) is 36.5 Å². The number of urea groups is 1. The van der Waals surface area contributed by atoms with Crippen LogP contribution in [-0.2, 0) is 27.9 Å². The van der Waals surface area contributed by atoms with Crippen molar-refractivity contribution in [3.8, 4) is 5.75 Å². The Labute approximate surface area is 174 Å². The van der Waals surface area contributed by atoms with Crippen LogP contribution in [0.15, 0.2) is 41.4 Å². The molecule has 0 atom stereocenters. The Morgan fingerprint density at radius 1 is 1.17 bits per heavy atom. The molecule has 0 radical (unpaired) electrons. The second-order valence-electron chi connectivity index (χ2n) is 7.57. The molecule has 4 rings (SSSR count). The molecule has 2 aromatic rings. The van der Waals surface area contributed by atoms with Crippen LogP contribution >= 0.6 is 0 Å². The van der Waals surface area contributed by atoms with Crippen LogP contribution in [0.5, 0.6) is 5.75 Å². The Morgan fingerprint density at radius 3 is 2.70 bits per heavy atom. The van der Waals surface area contributed by atoms with E-state index < -0.39 is 16.1 Å². The molecule has 3 amide bonds. The molecule has 1 aliphatic heterocycles. The first-order valence-electron chi connectivity index (χ1n) is 9.90. The lowest BCUT2D eigenvalue weighted by atomic mass is 10.3. The van der Waals surface area contributed by atoms with Crippen molar-refractivity contribution in [2.24, 2.45) is 0 Å². The predicted octanol–water partition coefficient (Wildman–Crippen LogP) is 1.87. The van der Waals surface area contributed by atoms with Crippen molar-refractivity contribution in [1.29, 1.82) is 0 Å². The van der Waals surface area contributed by atoms with Gasteiger partial charge in [-0.15, -0.1) is 0 Å². The summed E-state index contributed by atoms with van der Waals surface area (Å²) in [4.78, 5) is 27.4. The zero-order valence-corrected chi connectivity index (χ0v) is 17.2. The van der Waals surface area contributed by atoms with Gasteiger partial charge in [-0.2, -0.15) is 0 Å². The van der Waals surface area contributed by atoms with Gasteiger partial charge in [0, 0.05) is 24.5 Å². The molecule has 2 fully saturated rings. The predicted molar refractivity (Wildman–Crippen MR) is 108 cm³/mol. The maximum absolute atomic E-state index is 12.7. The van der Waals surface area contributed by atoms with E-state index in [4.69, 9.17) is 4.74 Å². The average Bonchev–Trinajstić information content (AvgIpc) is 3.44. The van der Waals surface area contributed by atoms with E-state index in [0.717, 1.165) is 31.2 Å². The summed E-state index contributed by atoms with van der Waals surface area (Å²) in [5.74, 6) is 0.228. The van der Waals surface area contributed by atoms with Crippen molar-refractivity contribution < 1.29 is 22.7 Å². The Kier molecular flexibility index (Phi) is 5.78. The zero-order chi connectivity index (χ0) is 21.1. The number of nitrogens with one attached hydrogen (secondary N) is 3. The van der Waals surface area contributed by atoms with Crippen LogP contribution in [0.3, 0.4) is 0 Å². The second kappa shape index (κ2) is 8.49. The Bertz CT molecular complexity index is 1040. The third kappa shape index (κ3) is 4.82. The topological polar surface area (TPSA) is 121 Å². The van der Waals surface area contributed by atoms with Gasteiger partial charge in [0.25, 0.3) is 0 Å². The fraction of sp³-hybridized carbons (Fsp3) is 0.400. The number of rotatable bonds is 8. The average molecular weight is 433 g/mol. The van der Waals surface area contributed by atoms with E-state index in [9.17, 15) is 18.0 Å². The highest BCUT2D eigenvalue weighted by molar-refractivity contribution is 7.89. The lowest BCUT2D eigenvalue weighted by Crippen LogP contribution is -2.27. The summed E-state index contributed by atoms with van der Waals surface area (Å²) < 4.78 is 33.9. The quantitative estimate of drug-likeness (QED) is 0.550. The van der Waals surface area contributed by atoms with Gasteiger partial charge < -0.3 is 14.6 Å². The number of amides is 3. The highest BCUT2D eigenvalue weighted by atomic mass is 32.2. The molecule has 1 saturated carbocycles. The SMILES string of the molecule is O=C1CN(Cc2cc(CNS(=O)(=O)c3cccc(OC4CCCC4)c3)c[nH]2)C(=O)N1. The standard InChI is InChI=1S/C20H24N4O5S/c25-19-13-24(20(26)23-19)12-15-8-14(10-21-15)11-22-30(27,28)18-7-3-6-17(9-18)29-16-4-1-2-5-16/h3,6-10,16,21-22H,1-2,4-5,11-13H2,(H,23,25,26). The van der Waals surface area contributed by atoms with E-state index >= 15 is 0 Å². The number of aromatic amines is 1. The normalized spacial score (nSPS) is 17.5. The minimum Gasteiger partial charge on any atom is -0.490 e. The van der Waals surface area contributed by atoms with Crippen molar-refractivity contribution >= 4 is 22.0 Å². The van der Waals surface area contributed by atoms with Gasteiger partial charge in [0.15, 0.2) is 0 Å². The van der Waals surface area contributed by atoms with Crippen molar-refractivity contribution in [2.75, 3.05) is 6.54 Å². The molecule has 0 spiro atoms. The first kappa shape index (κ1) is 20.4. The highest BCUT2D eigenvalue weighted by Gasteiger charge is 2.27. The number of H-pyrrole nitrogens is 1. The number of benzene rings is 1. The van der Waals surface area contributed by atoms with Crippen LogP contribution in [0.25, 0.3) is 0 Å². The number of sulfonamides is 1. The van der Waals surface area contributed by atoms with Gasteiger partial charge in [-0.1, -0.05) is 6.07 Å². The van der Waals surface area contributed by atoms with E-state index in [1.807, 2.05) is 0 Å². The van der Waals surface area contributed by atoms with Crippen LogP contribution < -0.4 is 14.8 Å². The fourth-order valence-corrected chi connectivity index (χ4v) is 4.73. The van der Waals surface area contributed by atoms with Crippen molar-refractivity contribution in [3.63, 3.8) is 0 Å². The first-order valence-corrected chi connectivity index (χ1v) is 11.4. The van der Waals surface area contributed by atoms with E-state index in [1.165, 1.54) is 11.0 Å². The largest absolute Gasteiger partial charge is 0.490 e. The van der Waals surface area contributed by atoms with Crippen LogP contribution in [0.2, 0.25) is 0 Å². The molecule has 9 nitrogen and oxygen atoms in total. The maximum Gasteiger partial charge on any atom is 0.324 e. The van der Waals surface area contributed by atoms with Gasteiger partial charge >= 0.3 is 6.03 Å². The Balaban J connectivity index is 1.35. The van der Waals surface area contributed by atoms with Crippen LogP contribution in [0, 0.1) is 0 Å². The summed E-state index contributed by atoms with van der Waals surface area (Å²) in [6, 6.07) is 7.86. The third-order valence-corrected chi connectivity index (χ3v) is 6.62. The van der Waals surface area contributed by atoms with E-state index in [0.29, 0.717) is 11.4 Å². The van der Waals surface area contributed by atoms with E-state index in [1.54, 1.807) is 30.5 Å². The molecule has 0 unspecified atom stereocenters. The summed E-state index contributed by atoms with van der Waals surface area (Å²) >= 11 is 0. The van der Waals surface area contributed by atoms with E-state index in [2.05, 4.69) is 15.0 Å². The smallest absolute Gasteiger partial charge is 0.324 e. The van der Waals surface area contributed by atoms with Crippen LogP contribution in [0.4, 0.5) is 4.79 Å². The molecule has 1 saturated heterocycles. The molecule has 10 heteroatoms. The number of aromatic nitrogens is 1. The van der Waals surface area contributed by atoms with Gasteiger partial charge in [-0.05, 0) is 49.4 Å². The minimum absolute atomic E-state index is 0.0130. The van der Waals surface area contributed by atoms with Gasteiger partial charge in [0.2, 0.25) is 15.9 Å². The molecule has 0 bridgehead atoms. The summed E-state index contributed by atoms with van der Waals surface area (Å²) in [6.45, 7) is 0.349. The number of hydrogen-bond donors (Lipinski definition) is 3. The summed E-state index contributed by atoms with van der Waals surface area (Å²) in [6.07, 6.45) is 6.11. The number of imide groups is 1. The molecule has 1 aliphatic carbocycles. The highest BCUT2D eigenvalue weighted by Crippen LogP contribution is 2.25. The lowest BCUT2D eigenvalue weighted by molar-refractivity contribution is -0.118. The molecular formula is C20H24N4O5S. The summed E-state index contributed by atoms with van der Waals surface area (Å²) in [5, 5.41) is 2.22. The summed E-state index contributed by atoms with van der Waals surface area (Å²) in [7, 11) is -3.71. The fourth-order valence-electron chi connectivity index (χ4n) is 3.68. The molecule has 2 heterocycles. The molecule has 2 aliphatic rings. The zero-order valence-electron chi connectivity index (χ0n) is 16.4. The van der Waals surface area contributed by atoms with Crippen molar-refractivity contribution in [3.05, 3.63) is 47.8 Å². The molecular weight excluding hydrogens is 408 g/mol. The molecule has 160 valence electrons. The monoisotopic (exact) mass is 432 g/mol. The molecule has 3 N–H and O–H groups in total. The van der Waals surface area contributed by atoms with Crippen LogP contribution in [0.1, 0.15) is 36.9 Å². The first-order chi connectivity index (χ1) is 14.4. The minimum atomic E-state index is -3.71. The maximum atomic E-state index is 12.7. The van der Waals surface area contributed by atoms with Gasteiger partial charge in [-0.3, -0.25) is 10.1 Å². The number of carbonyl (C=O) groups is 2. The Morgan fingerprint density at radius 2 is 1.97 bits per heavy atom. The third-order valence-electron chi connectivity index (χ3n) is 5.22. The second-order valence-corrected chi connectivity index (χ2v) is 9.33. The molecule has 1 aromatic carbocycles. The number of hydrogen-bond acceptors (Lipinski definition) is 5. The number of carbonyl (C=O) groups excluding carboxylic acids is 2. The Hall–Kier alpha value is -2.85. The number of ether oxygens (including phenoxy) is 1. The molecule has 1 aromatic heterocycles. The van der Waals surface area contributed by atoms with Crippen molar-refractivity contribution in [2.45, 2.75) is 49.8 Å². The lowest BCUT2D eigenvalue weighted by Gasteiger charge is -2.14. The van der Waals surface area contributed by atoms with Crippen LogP contribution in [-0.4, -0.2) is 42.9 Å². The van der Waals surface area contributed by atoms with Gasteiger partial charge in [0.1, 0.15) is 12.3 Å². The molecule has 30 heavy (non-hydrogen) atoms. The van der Waals surface area contributed by atoms with Gasteiger partial charge in [0.05, 0.1) is 17.5 Å². The summed E-state index contributed by atoms with van der Waals surface area (Å²) in [5.41, 5.74) is 1.43. The van der Waals surface area contributed by atoms with Gasteiger partial charge in [-0.25, -0.2) is 17.9 Å².